The third kappa shape index (κ3) is 2.71. The van der Waals surface area contributed by atoms with E-state index in [0.717, 1.165) is 6.54 Å². The molecule has 3 nitrogen and oxygen atoms in total. The molecule has 0 bridgehead atoms. The maximum absolute atomic E-state index is 7.51. The van der Waals surface area contributed by atoms with E-state index >= 15 is 0 Å². The van der Waals surface area contributed by atoms with Crippen molar-refractivity contribution in [2.45, 2.75) is 58.0 Å². The fourth-order valence-corrected chi connectivity index (χ4v) is 2.33. The van der Waals surface area contributed by atoms with E-state index < -0.39 is 0 Å². The topological polar surface area (TPSA) is 53.1 Å². The van der Waals surface area contributed by atoms with E-state index in [4.69, 9.17) is 11.1 Å². The number of hydrogen-bond acceptors (Lipinski definition) is 2. The number of amidine groups is 1. The summed E-state index contributed by atoms with van der Waals surface area (Å²) in [5.74, 6) is 0.311. The van der Waals surface area contributed by atoms with Gasteiger partial charge in [0.15, 0.2) is 0 Å². The highest BCUT2D eigenvalue weighted by molar-refractivity contribution is 5.82. The quantitative estimate of drug-likeness (QED) is 0.537. The van der Waals surface area contributed by atoms with Crippen LogP contribution in [-0.2, 0) is 0 Å². The average Bonchev–Trinajstić information content (AvgIpc) is 2.40. The van der Waals surface area contributed by atoms with E-state index in [1.54, 1.807) is 0 Å². The molecular formula is C11H23N3. The lowest BCUT2D eigenvalue weighted by molar-refractivity contribution is 0.176. The molecule has 1 fully saturated rings. The Balaban J connectivity index is 2.64. The Morgan fingerprint density at radius 1 is 1.50 bits per heavy atom. The van der Waals surface area contributed by atoms with Crippen LogP contribution in [0.3, 0.4) is 0 Å². The van der Waals surface area contributed by atoms with Gasteiger partial charge in [-0.2, -0.15) is 0 Å². The van der Waals surface area contributed by atoms with E-state index in [2.05, 4.69) is 18.7 Å². The number of nitrogens with two attached hydrogens (primary N) is 1. The van der Waals surface area contributed by atoms with Gasteiger partial charge in [0.05, 0.1) is 6.04 Å². The molecule has 82 valence electrons. The van der Waals surface area contributed by atoms with E-state index in [1.807, 2.05) is 0 Å². The van der Waals surface area contributed by atoms with Crippen molar-refractivity contribution in [3.8, 4) is 0 Å². The van der Waals surface area contributed by atoms with Crippen LogP contribution in [0, 0.1) is 5.41 Å². The number of nitrogens with zero attached hydrogens (tertiary/aromatic N) is 1. The Labute approximate surface area is 87.2 Å². The highest BCUT2D eigenvalue weighted by Crippen LogP contribution is 2.21. The van der Waals surface area contributed by atoms with Gasteiger partial charge < -0.3 is 5.73 Å². The Bertz CT molecular complexity index is 191. The molecule has 0 aliphatic carbocycles. The fraction of sp³-hybridized carbons (Fsp3) is 0.909. The Hall–Kier alpha value is -0.570. The minimum absolute atomic E-state index is 0.123. The summed E-state index contributed by atoms with van der Waals surface area (Å²) in [7, 11) is 0. The first-order valence-electron chi connectivity index (χ1n) is 5.76. The third-order valence-electron chi connectivity index (χ3n) is 3.34. The molecule has 1 aliphatic rings. The molecule has 1 rings (SSSR count). The highest BCUT2D eigenvalue weighted by atomic mass is 15.2. The zero-order valence-corrected chi connectivity index (χ0v) is 9.42. The van der Waals surface area contributed by atoms with Crippen molar-refractivity contribution in [2.24, 2.45) is 5.73 Å². The summed E-state index contributed by atoms with van der Waals surface area (Å²) in [6, 6.07) is 0.759. The van der Waals surface area contributed by atoms with Crippen molar-refractivity contribution in [3.05, 3.63) is 0 Å². The molecule has 0 aromatic carbocycles. The third-order valence-corrected chi connectivity index (χ3v) is 3.34. The van der Waals surface area contributed by atoms with E-state index in [0.29, 0.717) is 11.9 Å². The molecule has 2 atom stereocenters. The van der Waals surface area contributed by atoms with Crippen LogP contribution in [0.25, 0.3) is 0 Å². The van der Waals surface area contributed by atoms with Crippen molar-refractivity contribution in [3.63, 3.8) is 0 Å². The van der Waals surface area contributed by atoms with Gasteiger partial charge in [0.1, 0.15) is 5.84 Å². The molecule has 0 aromatic rings. The summed E-state index contributed by atoms with van der Waals surface area (Å²) in [5, 5.41) is 7.51. The van der Waals surface area contributed by atoms with Crippen molar-refractivity contribution < 1.29 is 0 Å². The van der Waals surface area contributed by atoms with E-state index in [9.17, 15) is 0 Å². The summed E-state index contributed by atoms with van der Waals surface area (Å²) in [6.07, 6.45) is 6.37. The maximum atomic E-state index is 7.51. The van der Waals surface area contributed by atoms with E-state index in [-0.39, 0.29) is 6.04 Å². The number of rotatable bonds is 3. The lowest BCUT2D eigenvalue weighted by Gasteiger charge is -2.33. The van der Waals surface area contributed by atoms with Crippen LogP contribution in [0.2, 0.25) is 0 Å². The lowest BCUT2D eigenvalue weighted by atomic mass is 10.1. The van der Waals surface area contributed by atoms with Crippen LogP contribution in [-0.4, -0.2) is 29.4 Å². The van der Waals surface area contributed by atoms with Gasteiger partial charge in [0, 0.05) is 6.04 Å². The van der Waals surface area contributed by atoms with Crippen LogP contribution < -0.4 is 5.73 Å². The second-order valence-corrected chi connectivity index (χ2v) is 4.28. The largest absolute Gasteiger partial charge is 0.386 e. The highest BCUT2D eigenvalue weighted by Gasteiger charge is 2.25. The molecule has 1 aliphatic heterocycles. The zero-order chi connectivity index (χ0) is 10.6. The first-order chi connectivity index (χ1) is 6.66. The second kappa shape index (κ2) is 5.35. The minimum Gasteiger partial charge on any atom is -0.386 e. The minimum atomic E-state index is 0.123. The molecule has 0 radical (unpaired) electrons. The molecule has 0 spiro atoms. The smallest absolute Gasteiger partial charge is 0.108 e. The molecular weight excluding hydrogens is 174 g/mol. The molecule has 3 N–H and O–H groups in total. The normalized spacial score (nSPS) is 26.9. The van der Waals surface area contributed by atoms with Crippen molar-refractivity contribution in [1.82, 2.24) is 4.90 Å². The summed E-state index contributed by atoms with van der Waals surface area (Å²) in [5.41, 5.74) is 5.58. The zero-order valence-electron chi connectivity index (χ0n) is 9.42. The van der Waals surface area contributed by atoms with Crippen LogP contribution >= 0.6 is 0 Å². The molecule has 0 aromatic heterocycles. The van der Waals surface area contributed by atoms with Crippen molar-refractivity contribution in [2.75, 3.05) is 6.54 Å². The molecule has 3 heteroatoms. The summed E-state index contributed by atoms with van der Waals surface area (Å²) in [6.45, 7) is 5.39. The monoisotopic (exact) mass is 197 g/mol. The Morgan fingerprint density at radius 2 is 2.21 bits per heavy atom. The van der Waals surface area contributed by atoms with Gasteiger partial charge in [-0.3, -0.25) is 10.3 Å². The summed E-state index contributed by atoms with van der Waals surface area (Å²) >= 11 is 0. The molecule has 2 unspecified atom stereocenters. The van der Waals surface area contributed by atoms with Gasteiger partial charge >= 0.3 is 0 Å². The average molecular weight is 197 g/mol. The van der Waals surface area contributed by atoms with Gasteiger partial charge in [-0.15, -0.1) is 0 Å². The maximum Gasteiger partial charge on any atom is 0.108 e. The number of nitrogens with one attached hydrogen (secondary N) is 1. The predicted octanol–water partition coefficient (Wildman–Crippen LogP) is 1.97. The van der Waals surface area contributed by atoms with Gasteiger partial charge in [0.25, 0.3) is 0 Å². The first-order valence-corrected chi connectivity index (χ1v) is 5.76. The number of likely N-dealkylation sites (tertiary alicyclic amines) is 1. The molecule has 1 saturated heterocycles. The predicted molar refractivity (Wildman–Crippen MR) is 60.6 cm³/mol. The first kappa shape index (κ1) is 11.5. The molecule has 0 saturated carbocycles. The molecule has 14 heavy (non-hydrogen) atoms. The fourth-order valence-electron chi connectivity index (χ4n) is 2.33. The molecule has 0 amide bonds. The van der Waals surface area contributed by atoms with E-state index in [1.165, 1.54) is 32.1 Å². The van der Waals surface area contributed by atoms with Crippen LogP contribution in [0.1, 0.15) is 46.0 Å². The lowest BCUT2D eigenvalue weighted by Crippen LogP contribution is -2.47. The van der Waals surface area contributed by atoms with Gasteiger partial charge in [0.2, 0.25) is 0 Å². The second-order valence-electron chi connectivity index (χ2n) is 4.28. The van der Waals surface area contributed by atoms with Crippen LogP contribution in [0.15, 0.2) is 0 Å². The van der Waals surface area contributed by atoms with Crippen LogP contribution in [0.4, 0.5) is 0 Å². The summed E-state index contributed by atoms with van der Waals surface area (Å²) < 4.78 is 0. The van der Waals surface area contributed by atoms with Gasteiger partial charge in [-0.1, -0.05) is 19.8 Å². The van der Waals surface area contributed by atoms with Gasteiger partial charge in [-0.25, -0.2) is 0 Å². The van der Waals surface area contributed by atoms with Gasteiger partial charge in [-0.05, 0) is 32.7 Å². The standard InChI is InChI=1S/C11H23N3/c1-3-10-7-5-4-6-8-14(10)9(2)11(12)13/h9-10H,3-8H2,1-2H3,(H3,12,13). The van der Waals surface area contributed by atoms with Crippen molar-refractivity contribution in [1.29, 1.82) is 5.41 Å². The SMILES string of the molecule is CCC1CCCCCN1C(C)C(=N)N. The number of hydrogen-bond donors (Lipinski definition) is 2. The van der Waals surface area contributed by atoms with Crippen LogP contribution in [0.5, 0.6) is 0 Å². The summed E-state index contributed by atoms with van der Waals surface area (Å²) in [4.78, 5) is 2.41. The Morgan fingerprint density at radius 3 is 2.79 bits per heavy atom. The van der Waals surface area contributed by atoms with Crippen molar-refractivity contribution >= 4 is 5.84 Å². The molecule has 1 heterocycles. The Kier molecular flexibility index (Phi) is 4.39.